The maximum atomic E-state index is 12.7. The molecule has 0 atom stereocenters. The largest absolute Gasteiger partial charge is 0.465 e. The highest BCUT2D eigenvalue weighted by molar-refractivity contribution is 6.06. The topological polar surface area (TPSA) is 46.6 Å². The van der Waals surface area contributed by atoms with E-state index in [1.54, 1.807) is 29.2 Å². The lowest BCUT2D eigenvalue weighted by molar-refractivity contribution is 0.0600. The molecule has 2 rings (SSSR count). The van der Waals surface area contributed by atoms with E-state index in [2.05, 4.69) is 4.74 Å². The molecule has 0 heterocycles. The molecule has 22 heavy (non-hydrogen) atoms. The van der Waals surface area contributed by atoms with Crippen LogP contribution in [0.5, 0.6) is 0 Å². The Bertz CT molecular complexity index is 635. The minimum atomic E-state index is -0.410. The summed E-state index contributed by atoms with van der Waals surface area (Å²) in [4.78, 5) is 25.9. The maximum absolute atomic E-state index is 12.7. The van der Waals surface area contributed by atoms with Crippen LogP contribution in [-0.4, -0.2) is 25.5 Å². The van der Waals surface area contributed by atoms with Gasteiger partial charge in [0, 0.05) is 17.8 Å². The lowest BCUT2D eigenvalue weighted by Gasteiger charge is -2.22. The van der Waals surface area contributed by atoms with Crippen molar-refractivity contribution in [3.63, 3.8) is 0 Å². The number of carbonyl (C=O) groups is 2. The Morgan fingerprint density at radius 2 is 1.55 bits per heavy atom. The molecule has 4 heteroatoms. The normalized spacial score (nSPS) is 10.1. The number of carbonyl (C=O) groups excluding carboxylic acids is 2. The average Bonchev–Trinajstić information content (AvgIpc) is 2.59. The molecular formula is C18H19NO3. The van der Waals surface area contributed by atoms with E-state index in [0.717, 1.165) is 12.1 Å². The number of esters is 1. The first-order chi connectivity index (χ1) is 10.7. The predicted octanol–water partition coefficient (Wildman–Crippen LogP) is 3.53. The van der Waals surface area contributed by atoms with Gasteiger partial charge in [-0.25, -0.2) is 4.79 Å². The SMILES string of the molecule is CCCN(C(=O)c1ccc(C(=O)OC)cc1)c1ccccc1. The molecule has 0 saturated heterocycles. The summed E-state index contributed by atoms with van der Waals surface area (Å²) in [6.07, 6.45) is 0.862. The Hall–Kier alpha value is -2.62. The molecule has 0 spiro atoms. The second kappa shape index (κ2) is 7.41. The van der Waals surface area contributed by atoms with Crippen molar-refractivity contribution in [1.82, 2.24) is 0 Å². The lowest BCUT2D eigenvalue weighted by Crippen LogP contribution is -2.31. The van der Waals surface area contributed by atoms with Gasteiger partial charge in [-0.15, -0.1) is 0 Å². The monoisotopic (exact) mass is 297 g/mol. The Balaban J connectivity index is 2.26. The molecule has 0 aliphatic heterocycles. The molecule has 4 nitrogen and oxygen atoms in total. The number of rotatable bonds is 5. The van der Waals surface area contributed by atoms with Gasteiger partial charge in [-0.2, -0.15) is 0 Å². The quantitative estimate of drug-likeness (QED) is 0.793. The van der Waals surface area contributed by atoms with Crippen LogP contribution >= 0.6 is 0 Å². The summed E-state index contributed by atoms with van der Waals surface area (Å²) in [5.41, 5.74) is 1.84. The molecule has 0 unspecified atom stereocenters. The van der Waals surface area contributed by atoms with Gasteiger partial charge in [-0.05, 0) is 42.8 Å². The molecule has 0 saturated carbocycles. The van der Waals surface area contributed by atoms with Crippen LogP contribution < -0.4 is 4.90 Å². The van der Waals surface area contributed by atoms with Crippen molar-refractivity contribution in [2.24, 2.45) is 0 Å². The van der Waals surface area contributed by atoms with Gasteiger partial charge in [0.2, 0.25) is 0 Å². The van der Waals surface area contributed by atoms with E-state index in [1.807, 2.05) is 37.3 Å². The first kappa shape index (κ1) is 15.8. The van der Waals surface area contributed by atoms with Gasteiger partial charge in [-0.3, -0.25) is 4.79 Å². The van der Waals surface area contributed by atoms with E-state index in [-0.39, 0.29) is 5.91 Å². The Labute approximate surface area is 130 Å². The zero-order valence-electron chi connectivity index (χ0n) is 12.8. The molecule has 2 aromatic rings. The van der Waals surface area contributed by atoms with Gasteiger partial charge in [0.05, 0.1) is 12.7 Å². The molecule has 114 valence electrons. The van der Waals surface area contributed by atoms with E-state index < -0.39 is 5.97 Å². The van der Waals surface area contributed by atoms with Crippen molar-refractivity contribution in [3.8, 4) is 0 Å². The Kier molecular flexibility index (Phi) is 5.31. The van der Waals surface area contributed by atoms with E-state index in [0.29, 0.717) is 17.7 Å². The maximum Gasteiger partial charge on any atom is 0.337 e. The third-order valence-corrected chi connectivity index (χ3v) is 3.31. The minimum Gasteiger partial charge on any atom is -0.465 e. The van der Waals surface area contributed by atoms with Crippen LogP contribution in [0.2, 0.25) is 0 Å². The number of para-hydroxylation sites is 1. The van der Waals surface area contributed by atoms with Crippen molar-refractivity contribution in [2.75, 3.05) is 18.6 Å². The van der Waals surface area contributed by atoms with Crippen molar-refractivity contribution in [3.05, 3.63) is 65.7 Å². The van der Waals surface area contributed by atoms with Crippen molar-refractivity contribution in [1.29, 1.82) is 0 Å². The summed E-state index contributed by atoms with van der Waals surface area (Å²) in [6.45, 7) is 2.67. The van der Waals surface area contributed by atoms with Crippen LogP contribution in [0, 0.1) is 0 Å². The van der Waals surface area contributed by atoms with Crippen molar-refractivity contribution >= 4 is 17.6 Å². The number of ether oxygens (including phenoxy) is 1. The Morgan fingerprint density at radius 3 is 2.09 bits per heavy atom. The van der Waals surface area contributed by atoms with E-state index >= 15 is 0 Å². The van der Waals surface area contributed by atoms with Crippen molar-refractivity contribution < 1.29 is 14.3 Å². The van der Waals surface area contributed by atoms with Crippen LogP contribution in [0.3, 0.4) is 0 Å². The zero-order valence-corrected chi connectivity index (χ0v) is 12.8. The summed E-state index contributed by atoms with van der Waals surface area (Å²) >= 11 is 0. The molecule has 0 aliphatic carbocycles. The zero-order chi connectivity index (χ0) is 15.9. The number of hydrogen-bond acceptors (Lipinski definition) is 3. The van der Waals surface area contributed by atoms with Crippen LogP contribution in [0.4, 0.5) is 5.69 Å². The predicted molar refractivity (Wildman–Crippen MR) is 86.2 cm³/mol. The summed E-state index contributed by atoms with van der Waals surface area (Å²) in [7, 11) is 1.33. The fourth-order valence-corrected chi connectivity index (χ4v) is 2.20. The van der Waals surface area contributed by atoms with E-state index in [1.165, 1.54) is 7.11 Å². The number of benzene rings is 2. The minimum absolute atomic E-state index is 0.0792. The standard InChI is InChI=1S/C18H19NO3/c1-3-13-19(16-7-5-4-6-8-16)17(20)14-9-11-15(12-10-14)18(21)22-2/h4-12H,3,13H2,1-2H3. The van der Waals surface area contributed by atoms with Gasteiger partial charge in [0.15, 0.2) is 0 Å². The molecule has 2 aromatic carbocycles. The molecule has 0 aromatic heterocycles. The van der Waals surface area contributed by atoms with Gasteiger partial charge in [0.25, 0.3) is 5.91 Å². The highest BCUT2D eigenvalue weighted by Gasteiger charge is 2.17. The van der Waals surface area contributed by atoms with E-state index in [9.17, 15) is 9.59 Å². The van der Waals surface area contributed by atoms with Gasteiger partial charge >= 0.3 is 5.97 Å². The summed E-state index contributed by atoms with van der Waals surface area (Å²) < 4.78 is 4.66. The molecular weight excluding hydrogens is 278 g/mol. The molecule has 1 amide bonds. The third kappa shape index (κ3) is 3.52. The third-order valence-electron chi connectivity index (χ3n) is 3.31. The number of anilines is 1. The van der Waals surface area contributed by atoms with Gasteiger partial charge < -0.3 is 9.64 Å². The van der Waals surface area contributed by atoms with Gasteiger partial charge in [0.1, 0.15) is 0 Å². The van der Waals surface area contributed by atoms with Crippen LogP contribution in [0.15, 0.2) is 54.6 Å². The van der Waals surface area contributed by atoms with Crippen LogP contribution in [0.1, 0.15) is 34.1 Å². The average molecular weight is 297 g/mol. The second-order valence-corrected chi connectivity index (χ2v) is 4.86. The number of methoxy groups -OCH3 is 1. The van der Waals surface area contributed by atoms with E-state index in [4.69, 9.17) is 0 Å². The smallest absolute Gasteiger partial charge is 0.337 e. The van der Waals surface area contributed by atoms with Gasteiger partial charge in [-0.1, -0.05) is 25.1 Å². The Morgan fingerprint density at radius 1 is 0.955 bits per heavy atom. The number of amides is 1. The molecule has 0 fully saturated rings. The summed E-state index contributed by atoms with van der Waals surface area (Å²) in [5.74, 6) is -0.489. The molecule has 0 bridgehead atoms. The van der Waals surface area contributed by atoms with Crippen LogP contribution in [-0.2, 0) is 4.74 Å². The first-order valence-corrected chi connectivity index (χ1v) is 7.22. The highest BCUT2D eigenvalue weighted by Crippen LogP contribution is 2.18. The first-order valence-electron chi connectivity index (χ1n) is 7.22. The summed E-state index contributed by atoms with van der Waals surface area (Å²) in [5, 5.41) is 0. The lowest BCUT2D eigenvalue weighted by atomic mass is 10.1. The molecule has 0 N–H and O–H groups in total. The second-order valence-electron chi connectivity index (χ2n) is 4.86. The fourth-order valence-electron chi connectivity index (χ4n) is 2.20. The number of nitrogens with zero attached hydrogens (tertiary/aromatic N) is 1. The molecule has 0 aliphatic rings. The fraction of sp³-hybridized carbons (Fsp3) is 0.222. The number of hydrogen-bond donors (Lipinski definition) is 0. The highest BCUT2D eigenvalue weighted by atomic mass is 16.5. The van der Waals surface area contributed by atoms with Crippen molar-refractivity contribution in [2.45, 2.75) is 13.3 Å². The summed E-state index contributed by atoms with van der Waals surface area (Å²) in [6, 6.07) is 16.1. The molecule has 0 radical (unpaired) electrons. The van der Waals surface area contributed by atoms with Crippen LogP contribution in [0.25, 0.3) is 0 Å².